The van der Waals surface area contributed by atoms with E-state index in [4.69, 9.17) is 11.6 Å². The van der Waals surface area contributed by atoms with E-state index in [0.717, 1.165) is 11.1 Å². The second kappa shape index (κ2) is 7.51. The third kappa shape index (κ3) is 4.15. The molecule has 0 radical (unpaired) electrons. The van der Waals surface area contributed by atoms with Crippen molar-refractivity contribution in [1.82, 2.24) is 15.2 Å². The number of rotatable bonds is 5. The van der Waals surface area contributed by atoms with Gasteiger partial charge in [-0.3, -0.25) is 9.89 Å². The van der Waals surface area contributed by atoms with Crippen LogP contribution in [-0.4, -0.2) is 26.8 Å². The fourth-order valence-corrected chi connectivity index (χ4v) is 2.85. The Morgan fingerprint density at radius 3 is 2.83 bits per heavy atom. The second-order valence-corrected chi connectivity index (χ2v) is 6.51. The maximum Gasteiger partial charge on any atom is 0.234 e. The number of thioether (sulfide) groups is 1. The summed E-state index contributed by atoms with van der Waals surface area (Å²) in [4.78, 5) is 16.5. The molecule has 0 aliphatic rings. The number of anilines is 1. The summed E-state index contributed by atoms with van der Waals surface area (Å²) in [6.45, 7) is 1.92. The average Bonchev–Trinajstić information content (AvgIpc) is 3.06. The number of halogens is 1. The molecule has 3 aromatic rings. The monoisotopic (exact) mass is 358 g/mol. The minimum Gasteiger partial charge on any atom is -0.325 e. The normalized spacial score (nSPS) is 10.6. The summed E-state index contributed by atoms with van der Waals surface area (Å²) in [5.41, 5.74) is 2.63. The Kier molecular flexibility index (Phi) is 5.17. The molecule has 1 amide bonds. The third-order valence-electron chi connectivity index (χ3n) is 3.32. The van der Waals surface area contributed by atoms with Crippen molar-refractivity contribution in [2.75, 3.05) is 11.1 Å². The van der Waals surface area contributed by atoms with Gasteiger partial charge in [0.2, 0.25) is 11.1 Å². The van der Waals surface area contributed by atoms with E-state index in [1.54, 1.807) is 12.1 Å². The van der Waals surface area contributed by atoms with E-state index in [9.17, 15) is 4.79 Å². The predicted octanol–water partition coefficient (Wildman–Crippen LogP) is 4.16. The summed E-state index contributed by atoms with van der Waals surface area (Å²) in [7, 11) is 0. The lowest BCUT2D eigenvalue weighted by Crippen LogP contribution is -2.14. The molecule has 3 rings (SSSR count). The summed E-state index contributed by atoms with van der Waals surface area (Å²) < 4.78 is 0. The van der Waals surface area contributed by atoms with Crippen molar-refractivity contribution < 1.29 is 4.79 Å². The van der Waals surface area contributed by atoms with E-state index in [1.807, 2.05) is 43.3 Å². The van der Waals surface area contributed by atoms with Crippen molar-refractivity contribution in [3.8, 4) is 11.4 Å². The molecule has 2 aromatic carbocycles. The summed E-state index contributed by atoms with van der Waals surface area (Å²) in [6.07, 6.45) is 0. The highest BCUT2D eigenvalue weighted by molar-refractivity contribution is 7.99. The first kappa shape index (κ1) is 16.5. The van der Waals surface area contributed by atoms with E-state index in [-0.39, 0.29) is 11.7 Å². The van der Waals surface area contributed by atoms with Crippen LogP contribution in [-0.2, 0) is 4.79 Å². The van der Waals surface area contributed by atoms with E-state index in [1.165, 1.54) is 11.8 Å². The molecule has 0 bridgehead atoms. The maximum atomic E-state index is 12.1. The SMILES string of the molecule is Cc1ccc(Cl)cc1NC(=O)CSc1n[nH]c(-c2ccccc2)n1. The zero-order valence-electron chi connectivity index (χ0n) is 12.9. The highest BCUT2D eigenvalue weighted by atomic mass is 35.5. The lowest BCUT2D eigenvalue weighted by atomic mass is 10.2. The van der Waals surface area contributed by atoms with Crippen LogP contribution in [0.1, 0.15) is 5.56 Å². The Bertz CT molecular complexity index is 851. The van der Waals surface area contributed by atoms with E-state index < -0.39 is 0 Å². The molecule has 0 fully saturated rings. The van der Waals surface area contributed by atoms with Gasteiger partial charge in [0.05, 0.1) is 5.75 Å². The number of aryl methyl sites for hydroxylation is 1. The number of hydrogen-bond donors (Lipinski definition) is 2. The fraction of sp³-hybridized carbons (Fsp3) is 0.118. The van der Waals surface area contributed by atoms with Crippen LogP contribution in [0, 0.1) is 6.92 Å². The Hall–Kier alpha value is -2.31. The molecule has 1 aromatic heterocycles. The topological polar surface area (TPSA) is 70.7 Å². The number of nitrogens with one attached hydrogen (secondary N) is 2. The molecule has 7 heteroatoms. The second-order valence-electron chi connectivity index (χ2n) is 5.13. The minimum absolute atomic E-state index is 0.128. The molecule has 0 aliphatic carbocycles. The molecule has 24 heavy (non-hydrogen) atoms. The summed E-state index contributed by atoms with van der Waals surface area (Å²) in [6, 6.07) is 15.1. The number of aromatic nitrogens is 3. The minimum atomic E-state index is -0.128. The largest absolute Gasteiger partial charge is 0.325 e. The molecular weight excluding hydrogens is 344 g/mol. The number of carbonyl (C=O) groups excluding carboxylic acids is 1. The van der Waals surface area contributed by atoms with Crippen LogP contribution < -0.4 is 5.32 Å². The number of H-pyrrole nitrogens is 1. The van der Waals surface area contributed by atoms with Crippen LogP contribution in [0.2, 0.25) is 5.02 Å². The molecule has 0 spiro atoms. The van der Waals surface area contributed by atoms with Gasteiger partial charge in [-0.15, -0.1) is 5.10 Å². The first-order chi connectivity index (χ1) is 11.6. The van der Waals surface area contributed by atoms with Crippen LogP contribution >= 0.6 is 23.4 Å². The Balaban J connectivity index is 1.59. The molecule has 0 saturated heterocycles. The van der Waals surface area contributed by atoms with Gasteiger partial charge in [0.1, 0.15) is 0 Å². The predicted molar refractivity (Wildman–Crippen MR) is 97.4 cm³/mol. The highest BCUT2D eigenvalue weighted by Gasteiger charge is 2.10. The summed E-state index contributed by atoms with van der Waals surface area (Å²) >= 11 is 7.23. The van der Waals surface area contributed by atoms with Crippen LogP contribution in [0.4, 0.5) is 5.69 Å². The van der Waals surface area contributed by atoms with Gasteiger partial charge in [0, 0.05) is 16.3 Å². The number of amides is 1. The number of benzene rings is 2. The standard InChI is InChI=1S/C17H15ClN4OS/c1-11-7-8-13(18)9-14(11)19-15(23)10-24-17-20-16(21-22-17)12-5-3-2-4-6-12/h2-9H,10H2,1H3,(H,19,23)(H,20,21,22). The van der Waals surface area contributed by atoms with Crippen molar-refractivity contribution in [3.05, 3.63) is 59.1 Å². The fourth-order valence-electron chi connectivity index (χ4n) is 2.08. The average molecular weight is 359 g/mol. The quantitative estimate of drug-likeness (QED) is 0.672. The van der Waals surface area contributed by atoms with Gasteiger partial charge >= 0.3 is 0 Å². The van der Waals surface area contributed by atoms with Crippen molar-refractivity contribution in [2.24, 2.45) is 0 Å². The molecule has 122 valence electrons. The van der Waals surface area contributed by atoms with E-state index >= 15 is 0 Å². The van der Waals surface area contributed by atoms with Gasteiger partial charge in [0.25, 0.3) is 0 Å². The molecule has 5 nitrogen and oxygen atoms in total. The van der Waals surface area contributed by atoms with Gasteiger partial charge < -0.3 is 5.32 Å². The van der Waals surface area contributed by atoms with Gasteiger partial charge in [-0.05, 0) is 24.6 Å². The maximum absolute atomic E-state index is 12.1. The molecule has 1 heterocycles. The molecule has 0 unspecified atom stereocenters. The molecule has 0 saturated carbocycles. The smallest absolute Gasteiger partial charge is 0.234 e. The van der Waals surface area contributed by atoms with Gasteiger partial charge in [0.15, 0.2) is 5.82 Å². The van der Waals surface area contributed by atoms with Gasteiger partial charge in [-0.2, -0.15) is 0 Å². The Morgan fingerprint density at radius 2 is 2.04 bits per heavy atom. The zero-order valence-corrected chi connectivity index (χ0v) is 14.5. The molecule has 2 N–H and O–H groups in total. The van der Waals surface area contributed by atoms with E-state index in [2.05, 4.69) is 20.5 Å². The Labute approximate surface area is 148 Å². The van der Waals surface area contributed by atoms with Crippen molar-refractivity contribution in [3.63, 3.8) is 0 Å². The first-order valence-electron chi connectivity index (χ1n) is 7.28. The van der Waals surface area contributed by atoms with Crippen LogP contribution in [0.5, 0.6) is 0 Å². The van der Waals surface area contributed by atoms with Crippen LogP contribution in [0.25, 0.3) is 11.4 Å². The van der Waals surface area contributed by atoms with Crippen molar-refractivity contribution in [2.45, 2.75) is 12.1 Å². The van der Waals surface area contributed by atoms with E-state index in [0.29, 0.717) is 21.7 Å². The van der Waals surface area contributed by atoms with Gasteiger partial charge in [-0.1, -0.05) is 59.8 Å². The number of carbonyl (C=O) groups is 1. The Morgan fingerprint density at radius 1 is 1.25 bits per heavy atom. The third-order valence-corrected chi connectivity index (χ3v) is 4.40. The van der Waals surface area contributed by atoms with Crippen LogP contribution in [0.15, 0.2) is 53.7 Å². The highest BCUT2D eigenvalue weighted by Crippen LogP contribution is 2.22. The van der Waals surface area contributed by atoms with Crippen molar-refractivity contribution in [1.29, 1.82) is 0 Å². The van der Waals surface area contributed by atoms with Gasteiger partial charge in [-0.25, -0.2) is 4.98 Å². The molecular formula is C17H15ClN4OS. The lowest BCUT2D eigenvalue weighted by Gasteiger charge is -2.07. The molecule has 0 atom stereocenters. The van der Waals surface area contributed by atoms with Crippen LogP contribution in [0.3, 0.4) is 0 Å². The lowest BCUT2D eigenvalue weighted by molar-refractivity contribution is -0.113. The summed E-state index contributed by atoms with van der Waals surface area (Å²) in [5, 5.41) is 11.0. The summed E-state index contributed by atoms with van der Waals surface area (Å²) in [5.74, 6) is 0.776. The number of aromatic amines is 1. The number of hydrogen-bond acceptors (Lipinski definition) is 4. The number of nitrogens with zero attached hydrogens (tertiary/aromatic N) is 2. The zero-order chi connectivity index (χ0) is 16.9. The van der Waals surface area contributed by atoms with Crippen molar-refractivity contribution >= 4 is 35.0 Å². The molecule has 0 aliphatic heterocycles. The first-order valence-corrected chi connectivity index (χ1v) is 8.65.